The Bertz CT molecular complexity index is 726. The fourth-order valence-corrected chi connectivity index (χ4v) is 3.01. The fourth-order valence-electron chi connectivity index (χ4n) is 3.01. The van der Waals surface area contributed by atoms with Gasteiger partial charge in [0, 0.05) is 18.3 Å². The molecule has 2 unspecified atom stereocenters. The van der Waals surface area contributed by atoms with Crippen LogP contribution in [-0.2, 0) is 4.79 Å². The molecule has 1 aliphatic rings. The van der Waals surface area contributed by atoms with Crippen LogP contribution in [0.3, 0.4) is 0 Å². The van der Waals surface area contributed by atoms with E-state index in [0.29, 0.717) is 5.75 Å². The minimum atomic E-state index is -0.783. The Morgan fingerprint density at radius 1 is 1.23 bits per heavy atom. The number of carbonyl (C=O) groups is 1. The summed E-state index contributed by atoms with van der Waals surface area (Å²) in [6, 6.07) is 13.1. The fraction of sp³-hybridized carbons (Fsp3) is 0.278. The molecule has 0 saturated carbocycles. The maximum atomic E-state index is 12.1. The molecule has 0 aliphatic carbocycles. The van der Waals surface area contributed by atoms with Crippen LogP contribution in [0.4, 0.5) is 5.69 Å². The van der Waals surface area contributed by atoms with Crippen LogP contribution in [0, 0.1) is 0 Å². The molecular weight excluding hydrogens is 278 g/mol. The summed E-state index contributed by atoms with van der Waals surface area (Å²) < 4.78 is 5.31. The van der Waals surface area contributed by atoms with Crippen molar-refractivity contribution in [3.8, 4) is 5.75 Å². The van der Waals surface area contributed by atoms with Crippen LogP contribution in [0.15, 0.2) is 42.5 Å². The largest absolute Gasteiger partial charge is 0.496 e. The molecule has 4 nitrogen and oxygen atoms in total. The van der Waals surface area contributed by atoms with Crippen LogP contribution in [-0.4, -0.2) is 25.2 Å². The molecule has 2 aromatic rings. The van der Waals surface area contributed by atoms with Gasteiger partial charge in [0.1, 0.15) is 11.9 Å². The van der Waals surface area contributed by atoms with E-state index in [1.807, 2.05) is 49.4 Å². The van der Waals surface area contributed by atoms with Gasteiger partial charge in [0.15, 0.2) is 0 Å². The van der Waals surface area contributed by atoms with E-state index in [0.717, 1.165) is 22.4 Å². The number of methoxy groups -OCH3 is 1. The summed E-state index contributed by atoms with van der Waals surface area (Å²) in [5.74, 6) is 0.556. The molecular formula is C18H19NO3. The molecule has 0 aromatic heterocycles. The number of hydrogen-bond acceptors (Lipinski definition) is 3. The molecule has 0 spiro atoms. The summed E-state index contributed by atoms with van der Waals surface area (Å²) >= 11 is 0. The number of benzene rings is 2. The Labute approximate surface area is 130 Å². The first-order chi connectivity index (χ1) is 10.5. The van der Waals surface area contributed by atoms with E-state index in [2.05, 4.69) is 0 Å². The molecule has 0 fully saturated rings. The lowest BCUT2D eigenvalue weighted by Gasteiger charge is -2.17. The summed E-state index contributed by atoms with van der Waals surface area (Å²) in [5, 5.41) is 10.7. The number of likely N-dealkylation sites (N-methyl/N-ethyl adjacent to an activating group) is 1. The highest BCUT2D eigenvalue weighted by molar-refractivity contribution is 6.04. The van der Waals surface area contributed by atoms with Crippen LogP contribution in [0.2, 0.25) is 0 Å². The van der Waals surface area contributed by atoms with E-state index in [1.165, 1.54) is 0 Å². The van der Waals surface area contributed by atoms with E-state index in [4.69, 9.17) is 4.74 Å². The lowest BCUT2D eigenvalue weighted by atomic mass is 9.95. The molecule has 1 amide bonds. The molecule has 1 aliphatic heterocycles. The van der Waals surface area contributed by atoms with Gasteiger partial charge in [0.25, 0.3) is 0 Å². The zero-order chi connectivity index (χ0) is 15.9. The van der Waals surface area contributed by atoms with Gasteiger partial charge in [0.2, 0.25) is 5.91 Å². The lowest BCUT2D eigenvalue weighted by molar-refractivity contribution is -0.118. The summed E-state index contributed by atoms with van der Waals surface area (Å²) in [6.07, 6.45) is -0.783. The topological polar surface area (TPSA) is 49.8 Å². The van der Waals surface area contributed by atoms with Gasteiger partial charge in [-0.1, -0.05) is 24.3 Å². The lowest BCUT2D eigenvalue weighted by Crippen LogP contribution is -2.22. The van der Waals surface area contributed by atoms with Crippen LogP contribution in [0.5, 0.6) is 5.75 Å². The molecule has 114 valence electrons. The number of ether oxygens (including phenoxy) is 1. The van der Waals surface area contributed by atoms with E-state index >= 15 is 0 Å². The van der Waals surface area contributed by atoms with Gasteiger partial charge in [-0.05, 0) is 36.2 Å². The predicted octanol–water partition coefficient (Wildman–Crippen LogP) is 2.86. The van der Waals surface area contributed by atoms with Gasteiger partial charge in [-0.15, -0.1) is 0 Å². The number of amides is 1. The third-order valence-electron chi connectivity index (χ3n) is 4.33. The summed E-state index contributed by atoms with van der Waals surface area (Å²) in [7, 11) is 3.37. The third-order valence-corrected chi connectivity index (χ3v) is 4.33. The van der Waals surface area contributed by atoms with Crippen molar-refractivity contribution in [2.75, 3.05) is 19.1 Å². The summed E-state index contributed by atoms with van der Waals surface area (Å²) in [4.78, 5) is 13.7. The van der Waals surface area contributed by atoms with Crippen LogP contribution < -0.4 is 9.64 Å². The standard InChI is InChI=1S/C18H19NO3/c1-11-14-10-12(8-9-15(14)19(2)18(11)21)17(20)13-6-4-5-7-16(13)22-3/h4-11,17,20H,1-3H3. The normalized spacial score (nSPS) is 18.3. The van der Waals surface area contributed by atoms with Crippen molar-refractivity contribution in [1.82, 2.24) is 0 Å². The van der Waals surface area contributed by atoms with Crippen molar-refractivity contribution in [3.63, 3.8) is 0 Å². The third kappa shape index (κ3) is 2.16. The Morgan fingerprint density at radius 3 is 2.68 bits per heavy atom. The zero-order valence-corrected chi connectivity index (χ0v) is 12.9. The van der Waals surface area contributed by atoms with Crippen molar-refractivity contribution < 1.29 is 14.6 Å². The van der Waals surface area contributed by atoms with Gasteiger partial charge in [0.05, 0.1) is 13.0 Å². The van der Waals surface area contributed by atoms with Gasteiger partial charge in [-0.25, -0.2) is 0 Å². The molecule has 2 atom stereocenters. The monoisotopic (exact) mass is 297 g/mol. The van der Waals surface area contributed by atoms with Crippen LogP contribution in [0.25, 0.3) is 0 Å². The molecule has 2 aromatic carbocycles. The SMILES string of the molecule is COc1ccccc1C(O)c1ccc2c(c1)C(C)C(=O)N2C. The second kappa shape index (κ2) is 5.46. The molecule has 22 heavy (non-hydrogen) atoms. The predicted molar refractivity (Wildman–Crippen MR) is 85.3 cm³/mol. The molecule has 1 N–H and O–H groups in total. The highest BCUT2D eigenvalue weighted by atomic mass is 16.5. The van der Waals surface area contributed by atoms with Crippen LogP contribution >= 0.6 is 0 Å². The maximum Gasteiger partial charge on any atom is 0.234 e. The van der Waals surface area contributed by atoms with E-state index < -0.39 is 6.10 Å². The van der Waals surface area contributed by atoms with Crippen molar-refractivity contribution in [1.29, 1.82) is 0 Å². The van der Waals surface area contributed by atoms with E-state index in [9.17, 15) is 9.90 Å². The first-order valence-corrected chi connectivity index (χ1v) is 7.27. The number of aliphatic hydroxyl groups excluding tert-OH is 1. The Hall–Kier alpha value is -2.33. The van der Waals surface area contributed by atoms with Gasteiger partial charge < -0.3 is 14.7 Å². The number of fused-ring (bicyclic) bond motifs is 1. The highest BCUT2D eigenvalue weighted by Crippen LogP contribution is 2.39. The molecule has 1 heterocycles. The minimum Gasteiger partial charge on any atom is -0.496 e. The van der Waals surface area contributed by atoms with Gasteiger partial charge >= 0.3 is 0 Å². The average Bonchev–Trinajstić information content (AvgIpc) is 2.78. The number of carbonyl (C=O) groups excluding carboxylic acids is 1. The molecule has 4 heteroatoms. The summed E-state index contributed by atoms with van der Waals surface area (Å²) in [6.45, 7) is 1.89. The first-order valence-electron chi connectivity index (χ1n) is 7.27. The number of rotatable bonds is 3. The van der Waals surface area contributed by atoms with E-state index in [-0.39, 0.29) is 11.8 Å². The quantitative estimate of drug-likeness (QED) is 0.947. The van der Waals surface area contributed by atoms with Crippen molar-refractivity contribution in [2.45, 2.75) is 18.9 Å². The number of anilines is 1. The van der Waals surface area contributed by atoms with Crippen LogP contribution in [0.1, 0.15) is 35.6 Å². The number of nitrogens with zero attached hydrogens (tertiary/aromatic N) is 1. The van der Waals surface area contributed by atoms with Crippen molar-refractivity contribution in [3.05, 3.63) is 59.2 Å². The Kier molecular flexibility index (Phi) is 3.62. The van der Waals surface area contributed by atoms with Crippen molar-refractivity contribution >= 4 is 11.6 Å². The number of para-hydroxylation sites is 1. The molecule has 3 rings (SSSR count). The number of hydrogen-bond donors (Lipinski definition) is 1. The zero-order valence-electron chi connectivity index (χ0n) is 12.9. The van der Waals surface area contributed by atoms with Crippen molar-refractivity contribution in [2.24, 2.45) is 0 Å². The number of aliphatic hydroxyl groups is 1. The molecule has 0 radical (unpaired) electrons. The Morgan fingerprint density at radius 2 is 1.95 bits per heavy atom. The average molecular weight is 297 g/mol. The highest BCUT2D eigenvalue weighted by Gasteiger charge is 2.32. The second-order valence-corrected chi connectivity index (χ2v) is 5.58. The Balaban J connectivity index is 2.02. The van der Waals surface area contributed by atoms with Gasteiger partial charge in [-0.2, -0.15) is 0 Å². The first kappa shape index (κ1) is 14.6. The maximum absolute atomic E-state index is 12.1. The van der Waals surface area contributed by atoms with Gasteiger partial charge in [-0.3, -0.25) is 4.79 Å². The minimum absolute atomic E-state index is 0.0823. The molecule has 0 saturated heterocycles. The smallest absolute Gasteiger partial charge is 0.234 e. The van der Waals surface area contributed by atoms with E-state index in [1.54, 1.807) is 19.1 Å². The second-order valence-electron chi connectivity index (χ2n) is 5.58. The molecule has 0 bridgehead atoms. The summed E-state index contributed by atoms with van der Waals surface area (Å²) in [5.41, 5.74) is 3.35.